The summed E-state index contributed by atoms with van der Waals surface area (Å²) < 4.78 is 5.49. The highest BCUT2D eigenvalue weighted by atomic mass is 32.1. The van der Waals surface area contributed by atoms with Gasteiger partial charge in [0.1, 0.15) is 16.4 Å². The summed E-state index contributed by atoms with van der Waals surface area (Å²) in [6, 6.07) is 2.00. The maximum Gasteiger partial charge on any atom is 0.347 e. The van der Waals surface area contributed by atoms with E-state index >= 15 is 0 Å². The molecule has 0 aliphatic heterocycles. The average Bonchev–Trinajstić information content (AvgIpc) is 2.81. The molecular formula is C13H16N2O3S. The molecule has 2 aromatic heterocycles. The fourth-order valence-corrected chi connectivity index (χ4v) is 2.89. The molecule has 6 heteroatoms. The van der Waals surface area contributed by atoms with Gasteiger partial charge in [0.05, 0.1) is 11.7 Å². The van der Waals surface area contributed by atoms with Crippen LogP contribution < -0.4 is 5.32 Å². The van der Waals surface area contributed by atoms with E-state index in [1.807, 2.05) is 26.8 Å². The van der Waals surface area contributed by atoms with E-state index in [0.29, 0.717) is 10.8 Å². The van der Waals surface area contributed by atoms with Gasteiger partial charge in [0.2, 0.25) is 0 Å². The van der Waals surface area contributed by atoms with E-state index in [9.17, 15) is 4.79 Å². The predicted octanol–water partition coefficient (Wildman–Crippen LogP) is 3.53. The molecule has 2 heterocycles. The van der Waals surface area contributed by atoms with Gasteiger partial charge in [-0.2, -0.15) is 0 Å². The van der Waals surface area contributed by atoms with Gasteiger partial charge in [-0.05, 0) is 33.8 Å². The van der Waals surface area contributed by atoms with Crippen molar-refractivity contribution in [3.63, 3.8) is 0 Å². The number of aromatic nitrogens is 1. The Bertz CT molecular complexity index is 615. The highest BCUT2D eigenvalue weighted by Gasteiger charge is 2.17. The number of nitrogens with one attached hydrogen (secondary N) is 1. The Hall–Kier alpha value is -1.82. The number of hydrogen-bond acceptors (Lipinski definition) is 5. The summed E-state index contributed by atoms with van der Waals surface area (Å²) in [5.74, 6) is 0.790. The number of carbonyl (C=O) groups is 1. The van der Waals surface area contributed by atoms with Gasteiger partial charge in [-0.15, -0.1) is 0 Å². The zero-order valence-corrected chi connectivity index (χ0v) is 12.1. The third kappa shape index (κ3) is 2.78. The molecule has 0 bridgehead atoms. The number of carboxylic acid groups (broad SMARTS) is 1. The molecule has 0 saturated carbocycles. The number of aromatic carboxylic acids is 1. The molecule has 0 amide bonds. The van der Waals surface area contributed by atoms with Crippen molar-refractivity contribution in [1.82, 2.24) is 4.98 Å². The smallest absolute Gasteiger partial charge is 0.347 e. The summed E-state index contributed by atoms with van der Waals surface area (Å²) in [5.41, 5.74) is 1.59. The minimum atomic E-state index is -0.939. The van der Waals surface area contributed by atoms with Gasteiger partial charge in [-0.25, -0.2) is 9.78 Å². The summed E-state index contributed by atoms with van der Waals surface area (Å²) in [7, 11) is 0. The number of carboxylic acids is 1. The largest absolute Gasteiger partial charge is 0.477 e. The molecule has 0 aromatic carbocycles. The molecule has 2 N–H and O–H groups in total. The highest BCUT2D eigenvalue weighted by Crippen LogP contribution is 2.28. The molecule has 5 nitrogen and oxygen atoms in total. The predicted molar refractivity (Wildman–Crippen MR) is 74.0 cm³/mol. The van der Waals surface area contributed by atoms with Crippen LogP contribution in [0.2, 0.25) is 0 Å². The van der Waals surface area contributed by atoms with Gasteiger partial charge >= 0.3 is 5.97 Å². The summed E-state index contributed by atoms with van der Waals surface area (Å²) in [6.45, 7) is 7.51. The van der Waals surface area contributed by atoms with Gasteiger partial charge in [0, 0.05) is 5.56 Å². The first-order chi connectivity index (χ1) is 8.88. The number of thiazole rings is 1. The summed E-state index contributed by atoms with van der Waals surface area (Å²) >= 11 is 1.15. The lowest BCUT2D eigenvalue weighted by Gasteiger charge is -2.11. The molecule has 0 fully saturated rings. The average molecular weight is 280 g/mol. The zero-order chi connectivity index (χ0) is 14.2. The molecule has 19 heavy (non-hydrogen) atoms. The van der Waals surface area contributed by atoms with Crippen LogP contribution >= 0.6 is 11.3 Å². The van der Waals surface area contributed by atoms with Crippen LogP contribution in [0.1, 0.15) is 45.4 Å². The molecule has 1 unspecified atom stereocenters. The normalized spacial score (nSPS) is 12.4. The van der Waals surface area contributed by atoms with E-state index in [2.05, 4.69) is 10.3 Å². The lowest BCUT2D eigenvalue weighted by Crippen LogP contribution is -2.06. The van der Waals surface area contributed by atoms with E-state index in [0.717, 1.165) is 28.4 Å². The monoisotopic (exact) mass is 280 g/mol. The first kappa shape index (κ1) is 13.6. The Morgan fingerprint density at radius 2 is 2.16 bits per heavy atom. The molecule has 2 aromatic rings. The van der Waals surface area contributed by atoms with Crippen molar-refractivity contribution in [3.05, 3.63) is 33.7 Å². The van der Waals surface area contributed by atoms with Gasteiger partial charge in [0.25, 0.3) is 0 Å². The number of anilines is 1. The molecule has 0 aliphatic carbocycles. The second-order valence-corrected chi connectivity index (χ2v) is 5.47. The van der Waals surface area contributed by atoms with Crippen LogP contribution in [-0.4, -0.2) is 16.1 Å². The van der Waals surface area contributed by atoms with Crippen LogP contribution in [0.4, 0.5) is 5.13 Å². The fraction of sp³-hybridized carbons (Fsp3) is 0.385. The van der Waals surface area contributed by atoms with Gasteiger partial charge in [0.15, 0.2) is 5.13 Å². The maximum absolute atomic E-state index is 11.0. The first-order valence-electron chi connectivity index (χ1n) is 5.92. The summed E-state index contributed by atoms with van der Waals surface area (Å²) in [5, 5.41) is 12.8. The molecule has 102 valence electrons. The molecule has 0 saturated heterocycles. The van der Waals surface area contributed by atoms with Crippen LogP contribution in [0, 0.1) is 20.8 Å². The number of hydrogen-bond donors (Lipinski definition) is 2. The van der Waals surface area contributed by atoms with E-state index in [1.54, 1.807) is 6.92 Å². The first-order valence-corrected chi connectivity index (χ1v) is 6.74. The summed E-state index contributed by atoms with van der Waals surface area (Å²) in [6.07, 6.45) is 0. The lowest BCUT2D eigenvalue weighted by atomic mass is 10.1. The Kier molecular flexibility index (Phi) is 3.61. The van der Waals surface area contributed by atoms with Crippen molar-refractivity contribution < 1.29 is 14.3 Å². The Labute approximate surface area is 115 Å². The van der Waals surface area contributed by atoms with Crippen LogP contribution in [0.5, 0.6) is 0 Å². The third-order valence-electron chi connectivity index (χ3n) is 2.88. The highest BCUT2D eigenvalue weighted by molar-refractivity contribution is 7.17. The number of aryl methyl sites for hydroxylation is 3. The maximum atomic E-state index is 11.0. The Balaban J connectivity index is 2.19. The van der Waals surface area contributed by atoms with Crippen molar-refractivity contribution in [3.8, 4) is 0 Å². The second kappa shape index (κ2) is 5.05. The second-order valence-electron chi connectivity index (χ2n) is 4.47. The summed E-state index contributed by atoms with van der Waals surface area (Å²) in [4.78, 5) is 15.5. The van der Waals surface area contributed by atoms with Crippen molar-refractivity contribution in [1.29, 1.82) is 0 Å². The zero-order valence-electron chi connectivity index (χ0n) is 11.3. The third-order valence-corrected chi connectivity index (χ3v) is 3.95. The van der Waals surface area contributed by atoms with Gasteiger partial charge in [-0.3, -0.25) is 0 Å². The fourth-order valence-electron chi connectivity index (χ4n) is 2.00. The van der Waals surface area contributed by atoms with E-state index in [-0.39, 0.29) is 10.9 Å². The Morgan fingerprint density at radius 3 is 2.63 bits per heavy atom. The Morgan fingerprint density at radius 1 is 1.47 bits per heavy atom. The van der Waals surface area contributed by atoms with Crippen LogP contribution in [-0.2, 0) is 0 Å². The number of rotatable bonds is 4. The molecule has 2 rings (SSSR count). The van der Waals surface area contributed by atoms with Crippen molar-refractivity contribution in [2.45, 2.75) is 33.7 Å². The number of furan rings is 1. The van der Waals surface area contributed by atoms with Gasteiger partial charge in [-0.1, -0.05) is 11.3 Å². The molecular weight excluding hydrogens is 264 g/mol. The van der Waals surface area contributed by atoms with E-state index < -0.39 is 5.97 Å². The van der Waals surface area contributed by atoms with Crippen LogP contribution in [0.25, 0.3) is 0 Å². The number of nitrogens with zero attached hydrogens (tertiary/aromatic N) is 1. The molecule has 1 atom stereocenters. The van der Waals surface area contributed by atoms with Crippen LogP contribution in [0.15, 0.2) is 10.5 Å². The SMILES string of the molecule is Cc1cc(C(C)Nc2nc(C)c(C(=O)O)s2)c(C)o1. The van der Waals surface area contributed by atoms with Gasteiger partial charge < -0.3 is 14.8 Å². The lowest BCUT2D eigenvalue weighted by molar-refractivity contribution is 0.0701. The quantitative estimate of drug-likeness (QED) is 0.896. The van der Waals surface area contributed by atoms with E-state index in [1.165, 1.54) is 0 Å². The minimum absolute atomic E-state index is 0.0182. The van der Waals surface area contributed by atoms with Crippen LogP contribution in [0.3, 0.4) is 0 Å². The molecule has 0 spiro atoms. The van der Waals surface area contributed by atoms with Crippen molar-refractivity contribution in [2.24, 2.45) is 0 Å². The van der Waals surface area contributed by atoms with Crippen molar-refractivity contribution >= 4 is 22.4 Å². The minimum Gasteiger partial charge on any atom is -0.477 e. The van der Waals surface area contributed by atoms with E-state index in [4.69, 9.17) is 9.52 Å². The standard InChI is InChI=1S/C13H16N2O3S/c1-6-5-10(9(4)18-6)7(2)14-13-15-8(3)11(19-13)12(16)17/h5,7H,1-4H3,(H,14,15)(H,16,17). The molecule has 0 aliphatic rings. The molecule has 0 radical (unpaired) electrons. The van der Waals surface area contributed by atoms with Crippen molar-refractivity contribution in [2.75, 3.05) is 5.32 Å². The topological polar surface area (TPSA) is 75.4 Å².